The summed E-state index contributed by atoms with van der Waals surface area (Å²) in [6.07, 6.45) is 24.3. The molecule has 22 nitrogen and oxygen atoms in total. The minimum Gasteiger partial charge on any atom is -0.382 e. The molecule has 2 aliphatic carbocycles. The minimum absolute atomic E-state index is 0.0824. The Kier molecular flexibility index (Phi) is 16.7. The average Bonchev–Trinajstić information content (AvgIpc) is 1.62. The second-order valence-corrected chi connectivity index (χ2v) is 27.7. The zero-order chi connectivity index (χ0) is 67.4. The van der Waals surface area contributed by atoms with Crippen molar-refractivity contribution < 1.29 is 14.4 Å². The number of hydrogen-bond donors (Lipinski definition) is 6. The summed E-state index contributed by atoms with van der Waals surface area (Å²) in [6, 6.07) is 38.7. The minimum atomic E-state index is 0.0824. The molecular formula is C77H83N19O3. The Balaban J connectivity index is 0.000000116. The van der Waals surface area contributed by atoms with Crippen LogP contribution in [-0.4, -0.2) is 144 Å². The van der Waals surface area contributed by atoms with Gasteiger partial charge in [-0.15, -0.1) is 0 Å². The first-order valence-corrected chi connectivity index (χ1v) is 35.1. The predicted octanol–water partition coefficient (Wildman–Crippen LogP) is 12.9. The number of H-pyrrole nitrogens is 3. The zero-order valence-electron chi connectivity index (χ0n) is 56.0. The van der Waals surface area contributed by atoms with Crippen molar-refractivity contribution in [3.63, 3.8) is 0 Å². The monoisotopic (exact) mass is 1320 g/mol. The maximum Gasteiger partial charge on any atom is 0.253 e. The lowest BCUT2D eigenvalue weighted by Crippen LogP contribution is -2.42. The van der Waals surface area contributed by atoms with Crippen molar-refractivity contribution in [2.45, 2.75) is 101 Å². The smallest absolute Gasteiger partial charge is 0.253 e. The van der Waals surface area contributed by atoms with E-state index in [0.29, 0.717) is 48.3 Å². The van der Waals surface area contributed by atoms with E-state index in [2.05, 4.69) is 103 Å². The predicted molar refractivity (Wildman–Crippen MR) is 389 cm³/mol. The molecule has 0 unspecified atom stereocenters. The van der Waals surface area contributed by atoms with Gasteiger partial charge < -0.3 is 51.8 Å². The molecule has 99 heavy (non-hydrogen) atoms. The van der Waals surface area contributed by atoms with E-state index >= 15 is 0 Å². The number of nitrogens with two attached hydrogens (primary N) is 3. The number of aromatic amines is 3. The fraction of sp³-hybridized carbons (Fsp3) is 0.338. The Bertz CT molecular complexity index is 5030. The van der Waals surface area contributed by atoms with Crippen LogP contribution < -0.4 is 22.1 Å². The van der Waals surface area contributed by atoms with E-state index in [-0.39, 0.29) is 29.6 Å². The molecular weight excluding hydrogens is 1240 g/mol. The molecule has 18 rings (SSSR count). The van der Waals surface area contributed by atoms with Crippen LogP contribution in [-0.2, 0) is 9.59 Å². The van der Waals surface area contributed by atoms with Gasteiger partial charge in [0.25, 0.3) is 5.91 Å². The van der Waals surface area contributed by atoms with Crippen molar-refractivity contribution in [3.8, 4) is 34.2 Å². The van der Waals surface area contributed by atoms with Gasteiger partial charge in [0.1, 0.15) is 68.6 Å². The molecule has 9 N–H and O–H groups in total. The van der Waals surface area contributed by atoms with Crippen LogP contribution in [0.1, 0.15) is 129 Å². The lowest BCUT2D eigenvalue weighted by Gasteiger charge is -2.34. The number of nitrogens with zero attached hydrogens (tertiary/aromatic N) is 13. The van der Waals surface area contributed by atoms with Gasteiger partial charge in [0, 0.05) is 164 Å². The quantitative estimate of drug-likeness (QED) is 0.0744. The van der Waals surface area contributed by atoms with Gasteiger partial charge in [-0.25, -0.2) is 29.9 Å². The van der Waals surface area contributed by atoms with E-state index in [4.69, 9.17) is 32.2 Å². The van der Waals surface area contributed by atoms with Gasteiger partial charge in [-0.1, -0.05) is 73.9 Å². The van der Waals surface area contributed by atoms with Crippen molar-refractivity contribution in [1.82, 2.24) is 72.8 Å². The van der Waals surface area contributed by atoms with Crippen LogP contribution >= 0.6 is 0 Å². The van der Waals surface area contributed by atoms with Gasteiger partial charge >= 0.3 is 0 Å². The van der Waals surface area contributed by atoms with Gasteiger partial charge in [0.05, 0.1) is 17.1 Å². The molecule has 3 aliphatic heterocycles. The summed E-state index contributed by atoms with van der Waals surface area (Å²) in [5, 5.41) is 3.42. The third-order valence-electron chi connectivity index (χ3n) is 21.2. The van der Waals surface area contributed by atoms with E-state index in [0.717, 1.165) is 203 Å². The molecule has 5 aliphatic rings. The van der Waals surface area contributed by atoms with Crippen LogP contribution in [0.4, 0.5) is 23.1 Å². The standard InChI is InChI=1S/C28H29N7O.C26H30N6O.C23H24N6O/c1-33(2)21-9-7-19(8-10-21)28(36)34-14-11-18(12-15-34)27-32-24(25-26(29)30-13-16-35(25)27)23-17-20-5-3-4-6-22(20)31-23;27-24-23-22(21-16-19-8-4-5-9-20(19)29-21)30-25(32(23)15-12-28-24)17-10-13-31(14-11-17)26(33)18-6-2-1-3-7-18;24-21-20-19(18-13-16-3-1-2-4-17(16)26-18)27-22(29(20)12-9-25-21)14-7-10-28(11-8-14)23(30)15-5-6-15/h3-10,13,16-18,31H,11-12,14-15H2,1-2H3,(H2,29,30);4-5,8-9,12,15-18,29H,1-3,6-7,10-11,13-14H2,(H2,27,28);1-4,9,12-15,26H,5-8,10-11H2,(H2,24,25). The molecule has 3 saturated heterocycles. The van der Waals surface area contributed by atoms with E-state index < -0.39 is 0 Å². The number of likely N-dealkylation sites (tertiary alicyclic amines) is 3. The number of aromatic nitrogens is 12. The first-order valence-electron chi connectivity index (χ1n) is 35.1. The Morgan fingerprint density at radius 1 is 0.424 bits per heavy atom. The van der Waals surface area contributed by atoms with Crippen LogP contribution in [0.25, 0.3) is 83.4 Å². The molecule has 0 radical (unpaired) electrons. The van der Waals surface area contributed by atoms with Crippen LogP contribution in [0.5, 0.6) is 0 Å². The Morgan fingerprint density at radius 3 is 1.11 bits per heavy atom. The number of benzene rings is 4. The van der Waals surface area contributed by atoms with Crippen molar-refractivity contribution in [1.29, 1.82) is 0 Å². The molecule has 13 aromatic rings. The molecule has 5 fully saturated rings. The number of nitrogens with one attached hydrogen (secondary N) is 3. The number of carbonyl (C=O) groups excluding carboxylic acids is 3. The van der Waals surface area contributed by atoms with Gasteiger partial charge in [0.2, 0.25) is 11.8 Å². The van der Waals surface area contributed by atoms with Crippen molar-refractivity contribution in [2.24, 2.45) is 11.8 Å². The molecule has 504 valence electrons. The largest absolute Gasteiger partial charge is 0.382 e. The van der Waals surface area contributed by atoms with Crippen molar-refractivity contribution in [3.05, 3.63) is 175 Å². The number of amides is 3. The summed E-state index contributed by atoms with van der Waals surface area (Å²) in [4.78, 5) is 85.4. The molecule has 0 bridgehead atoms. The number of imidazole rings is 3. The summed E-state index contributed by atoms with van der Waals surface area (Å²) >= 11 is 0. The van der Waals surface area contributed by atoms with Gasteiger partial charge in [-0.05, 0) is 125 Å². The first kappa shape index (κ1) is 62.8. The second-order valence-electron chi connectivity index (χ2n) is 27.7. The highest BCUT2D eigenvalue weighted by Gasteiger charge is 2.37. The highest BCUT2D eigenvalue weighted by atomic mass is 16.2. The lowest BCUT2D eigenvalue weighted by molar-refractivity contribution is -0.137. The van der Waals surface area contributed by atoms with Gasteiger partial charge in [-0.2, -0.15) is 0 Å². The number of anilines is 4. The maximum absolute atomic E-state index is 13.1. The molecule has 22 heteroatoms. The number of carbonyl (C=O) groups is 3. The average molecular weight is 1320 g/mol. The van der Waals surface area contributed by atoms with E-state index in [1.165, 1.54) is 19.3 Å². The van der Waals surface area contributed by atoms with Crippen molar-refractivity contribution >= 4 is 90.1 Å². The zero-order valence-corrected chi connectivity index (χ0v) is 56.0. The molecule has 9 aromatic heterocycles. The summed E-state index contributed by atoms with van der Waals surface area (Å²) in [6.45, 7) is 4.59. The molecule has 3 amide bonds. The number of nitrogen functional groups attached to an aromatic ring is 3. The van der Waals surface area contributed by atoms with Gasteiger partial charge in [0.15, 0.2) is 0 Å². The summed E-state index contributed by atoms with van der Waals surface area (Å²) in [5.41, 5.74) is 31.8. The SMILES string of the molecule is CN(C)c1ccc(C(=O)N2CCC(c3nc(-c4cc5ccccc5[nH]4)c4c(N)nccn34)CC2)cc1.Nc1nccn2c(C3CCN(C(=O)C4CC4)CC3)nc(-c3cc4ccccc4[nH]3)c12.Nc1nccn2c(C3CCN(C(=O)C4CCCCC4)CC3)nc(-c3cc4ccccc4[nH]3)c12. The third kappa shape index (κ3) is 12.2. The van der Waals surface area contributed by atoms with Crippen LogP contribution in [0.2, 0.25) is 0 Å². The maximum atomic E-state index is 13.1. The number of piperidine rings is 3. The van der Waals surface area contributed by atoms with Gasteiger partial charge in [-0.3, -0.25) is 27.6 Å². The Labute approximate surface area is 572 Å². The summed E-state index contributed by atoms with van der Waals surface area (Å²) in [5.74, 6) is 6.51. The highest BCUT2D eigenvalue weighted by molar-refractivity contribution is 5.96. The normalized spacial score (nSPS) is 16.8. The number of hydrogen-bond acceptors (Lipinski definition) is 13. The molecule has 4 aromatic carbocycles. The van der Waals surface area contributed by atoms with Crippen LogP contribution in [0.15, 0.2) is 152 Å². The molecule has 2 saturated carbocycles. The van der Waals surface area contributed by atoms with Crippen LogP contribution in [0.3, 0.4) is 0 Å². The Hall–Kier alpha value is -11.0. The lowest BCUT2D eigenvalue weighted by atomic mass is 9.87. The number of para-hydroxylation sites is 3. The summed E-state index contributed by atoms with van der Waals surface area (Å²) in [7, 11) is 3.99. The Morgan fingerprint density at radius 2 is 0.768 bits per heavy atom. The molecule has 12 heterocycles. The van der Waals surface area contributed by atoms with E-state index in [1.54, 1.807) is 18.6 Å². The first-order chi connectivity index (χ1) is 48.4. The number of fused-ring (bicyclic) bond motifs is 6. The third-order valence-corrected chi connectivity index (χ3v) is 21.2. The topological polar surface area (TPSA) is 280 Å². The fourth-order valence-corrected chi connectivity index (χ4v) is 15.6. The summed E-state index contributed by atoms with van der Waals surface area (Å²) < 4.78 is 6.27. The van der Waals surface area contributed by atoms with Crippen molar-refractivity contribution in [2.75, 3.05) is 75.5 Å². The molecule has 0 spiro atoms. The van der Waals surface area contributed by atoms with Crippen LogP contribution in [0, 0.1) is 11.8 Å². The van der Waals surface area contributed by atoms with E-state index in [1.807, 2.05) is 108 Å². The molecule has 0 atom stereocenters. The highest BCUT2D eigenvalue weighted by Crippen LogP contribution is 2.41. The fourth-order valence-electron chi connectivity index (χ4n) is 15.6. The number of rotatable bonds is 10. The van der Waals surface area contributed by atoms with E-state index in [9.17, 15) is 14.4 Å². The second kappa shape index (κ2) is 26.4.